The Bertz CT molecular complexity index is 857. The third-order valence-corrected chi connectivity index (χ3v) is 3.45. The maximum absolute atomic E-state index is 13.2. The SMILES string of the molecule is CCOC(=O)COc1ccc2c(c1)O/C(=C\c1cccc(F)c1)C2=O. The summed E-state index contributed by atoms with van der Waals surface area (Å²) in [5.74, 6) is -0.362. The number of carbonyl (C=O) groups excluding carboxylic acids is 2. The molecule has 0 fully saturated rings. The van der Waals surface area contributed by atoms with Crippen molar-refractivity contribution in [2.24, 2.45) is 0 Å². The molecule has 6 heteroatoms. The normalized spacial score (nSPS) is 14.2. The topological polar surface area (TPSA) is 61.8 Å². The predicted molar refractivity (Wildman–Crippen MR) is 87.9 cm³/mol. The van der Waals surface area contributed by atoms with Gasteiger partial charge in [0, 0.05) is 6.07 Å². The second kappa shape index (κ2) is 7.17. The lowest BCUT2D eigenvalue weighted by molar-refractivity contribution is -0.145. The quantitative estimate of drug-likeness (QED) is 0.616. The van der Waals surface area contributed by atoms with E-state index in [1.165, 1.54) is 24.3 Å². The molecule has 0 unspecified atom stereocenters. The smallest absolute Gasteiger partial charge is 0.344 e. The minimum Gasteiger partial charge on any atom is -0.482 e. The molecule has 128 valence electrons. The van der Waals surface area contributed by atoms with Crippen molar-refractivity contribution >= 4 is 17.8 Å². The van der Waals surface area contributed by atoms with Crippen LogP contribution in [0.25, 0.3) is 6.08 Å². The van der Waals surface area contributed by atoms with Gasteiger partial charge in [0.1, 0.15) is 17.3 Å². The van der Waals surface area contributed by atoms with E-state index >= 15 is 0 Å². The summed E-state index contributed by atoms with van der Waals surface area (Å²) in [6, 6.07) is 10.5. The van der Waals surface area contributed by atoms with Crippen LogP contribution < -0.4 is 9.47 Å². The second-order valence-electron chi connectivity index (χ2n) is 5.25. The Balaban J connectivity index is 1.76. The highest BCUT2D eigenvalue weighted by Crippen LogP contribution is 2.34. The molecule has 2 aromatic rings. The number of benzene rings is 2. The van der Waals surface area contributed by atoms with E-state index in [4.69, 9.17) is 14.2 Å². The molecule has 2 aromatic carbocycles. The van der Waals surface area contributed by atoms with Crippen LogP contribution in [0.15, 0.2) is 48.2 Å². The molecule has 0 spiro atoms. The summed E-state index contributed by atoms with van der Waals surface area (Å²) in [6.07, 6.45) is 1.48. The van der Waals surface area contributed by atoms with E-state index in [9.17, 15) is 14.0 Å². The van der Waals surface area contributed by atoms with Gasteiger partial charge in [0.15, 0.2) is 12.4 Å². The lowest BCUT2D eigenvalue weighted by Crippen LogP contribution is -2.14. The van der Waals surface area contributed by atoms with Gasteiger partial charge in [0.05, 0.1) is 12.2 Å². The number of carbonyl (C=O) groups is 2. The van der Waals surface area contributed by atoms with E-state index < -0.39 is 11.8 Å². The van der Waals surface area contributed by atoms with Gasteiger partial charge in [-0.15, -0.1) is 0 Å². The lowest BCUT2D eigenvalue weighted by atomic mass is 10.1. The Kier molecular flexibility index (Phi) is 4.79. The van der Waals surface area contributed by atoms with Crippen molar-refractivity contribution in [1.82, 2.24) is 0 Å². The van der Waals surface area contributed by atoms with Crippen molar-refractivity contribution in [3.63, 3.8) is 0 Å². The summed E-state index contributed by atoms with van der Waals surface area (Å²) < 4.78 is 28.9. The molecule has 1 aliphatic heterocycles. The van der Waals surface area contributed by atoms with Crippen LogP contribution in [0.1, 0.15) is 22.8 Å². The van der Waals surface area contributed by atoms with E-state index in [0.29, 0.717) is 22.6 Å². The molecule has 0 radical (unpaired) electrons. The van der Waals surface area contributed by atoms with Gasteiger partial charge in [-0.3, -0.25) is 4.79 Å². The van der Waals surface area contributed by atoms with Crippen molar-refractivity contribution in [2.75, 3.05) is 13.2 Å². The number of esters is 1. The summed E-state index contributed by atoms with van der Waals surface area (Å²) >= 11 is 0. The van der Waals surface area contributed by atoms with Crippen molar-refractivity contribution in [2.45, 2.75) is 6.92 Å². The molecule has 0 aliphatic carbocycles. The first-order valence-electron chi connectivity index (χ1n) is 7.69. The summed E-state index contributed by atoms with van der Waals surface area (Å²) in [5.41, 5.74) is 0.904. The Morgan fingerprint density at radius 3 is 2.84 bits per heavy atom. The van der Waals surface area contributed by atoms with Gasteiger partial charge in [0.2, 0.25) is 5.78 Å². The van der Waals surface area contributed by atoms with Crippen LogP contribution in [-0.4, -0.2) is 25.0 Å². The number of allylic oxidation sites excluding steroid dienone is 1. The molecule has 5 nitrogen and oxygen atoms in total. The van der Waals surface area contributed by atoms with Crippen LogP contribution in [-0.2, 0) is 9.53 Å². The molecule has 25 heavy (non-hydrogen) atoms. The van der Waals surface area contributed by atoms with E-state index in [1.54, 1.807) is 31.2 Å². The Morgan fingerprint density at radius 1 is 1.24 bits per heavy atom. The standard InChI is InChI=1S/C19H15FO5/c1-2-23-18(21)11-24-14-6-7-15-16(10-14)25-17(19(15)22)9-12-4-3-5-13(20)8-12/h3-10H,2,11H2,1H3/b17-9-. The summed E-state index contributed by atoms with van der Waals surface area (Å²) in [7, 11) is 0. The zero-order valence-electron chi connectivity index (χ0n) is 13.5. The highest BCUT2D eigenvalue weighted by Gasteiger charge is 2.27. The molecule has 0 bridgehead atoms. The first-order chi connectivity index (χ1) is 12.1. The summed E-state index contributed by atoms with van der Waals surface area (Å²) in [5, 5.41) is 0. The highest BCUT2D eigenvalue weighted by molar-refractivity contribution is 6.14. The Morgan fingerprint density at radius 2 is 2.08 bits per heavy atom. The number of ether oxygens (including phenoxy) is 3. The first-order valence-corrected chi connectivity index (χ1v) is 7.69. The lowest BCUT2D eigenvalue weighted by Gasteiger charge is -2.06. The molecular weight excluding hydrogens is 327 g/mol. The van der Waals surface area contributed by atoms with E-state index in [2.05, 4.69) is 0 Å². The van der Waals surface area contributed by atoms with Crippen LogP contribution in [0, 0.1) is 5.82 Å². The molecule has 1 heterocycles. The zero-order chi connectivity index (χ0) is 17.8. The molecule has 0 aromatic heterocycles. The van der Waals surface area contributed by atoms with E-state index in [1.807, 2.05) is 0 Å². The number of Topliss-reactive ketones (excluding diaryl/α,β-unsaturated/α-hetero) is 1. The number of ketones is 1. The van der Waals surface area contributed by atoms with Gasteiger partial charge in [-0.25, -0.2) is 9.18 Å². The maximum Gasteiger partial charge on any atom is 0.344 e. The van der Waals surface area contributed by atoms with Crippen molar-refractivity contribution in [3.05, 3.63) is 65.2 Å². The van der Waals surface area contributed by atoms with Crippen LogP contribution in [0.3, 0.4) is 0 Å². The van der Waals surface area contributed by atoms with Crippen LogP contribution in [0.4, 0.5) is 4.39 Å². The third kappa shape index (κ3) is 3.85. The van der Waals surface area contributed by atoms with Gasteiger partial charge in [-0.2, -0.15) is 0 Å². The number of fused-ring (bicyclic) bond motifs is 1. The monoisotopic (exact) mass is 342 g/mol. The molecule has 0 saturated carbocycles. The van der Waals surface area contributed by atoms with Gasteiger partial charge >= 0.3 is 5.97 Å². The van der Waals surface area contributed by atoms with Crippen molar-refractivity contribution in [3.8, 4) is 11.5 Å². The number of rotatable bonds is 5. The zero-order valence-corrected chi connectivity index (χ0v) is 13.5. The van der Waals surface area contributed by atoms with Crippen molar-refractivity contribution in [1.29, 1.82) is 0 Å². The van der Waals surface area contributed by atoms with Gasteiger partial charge in [-0.1, -0.05) is 12.1 Å². The fourth-order valence-electron chi connectivity index (χ4n) is 2.35. The average Bonchev–Trinajstić information content (AvgIpc) is 2.89. The van der Waals surface area contributed by atoms with Gasteiger partial charge < -0.3 is 14.2 Å². The second-order valence-corrected chi connectivity index (χ2v) is 5.25. The fraction of sp³-hybridized carbons (Fsp3) is 0.158. The number of halogens is 1. The molecule has 0 amide bonds. The molecule has 1 aliphatic rings. The summed E-state index contributed by atoms with van der Waals surface area (Å²) in [6.45, 7) is 1.75. The third-order valence-electron chi connectivity index (χ3n) is 3.45. The summed E-state index contributed by atoms with van der Waals surface area (Å²) in [4.78, 5) is 23.7. The molecule has 0 atom stereocenters. The predicted octanol–water partition coefficient (Wildman–Crippen LogP) is 3.38. The largest absolute Gasteiger partial charge is 0.482 e. The van der Waals surface area contributed by atoms with Crippen LogP contribution in [0.5, 0.6) is 11.5 Å². The molecule has 3 rings (SSSR count). The van der Waals surface area contributed by atoms with E-state index in [-0.39, 0.29) is 24.8 Å². The highest BCUT2D eigenvalue weighted by atomic mass is 19.1. The molecular formula is C19H15FO5. The fourth-order valence-corrected chi connectivity index (χ4v) is 2.35. The minimum absolute atomic E-state index is 0.100. The van der Waals surface area contributed by atoms with Crippen LogP contribution >= 0.6 is 0 Å². The first kappa shape index (κ1) is 16.7. The van der Waals surface area contributed by atoms with Crippen molar-refractivity contribution < 1.29 is 28.2 Å². The Labute approximate surface area is 143 Å². The Hall–Kier alpha value is -3.15. The maximum atomic E-state index is 13.2. The van der Waals surface area contributed by atoms with Gasteiger partial charge in [0.25, 0.3) is 0 Å². The molecule has 0 saturated heterocycles. The van der Waals surface area contributed by atoms with Crippen LogP contribution in [0.2, 0.25) is 0 Å². The number of hydrogen-bond donors (Lipinski definition) is 0. The van der Waals surface area contributed by atoms with Gasteiger partial charge in [-0.05, 0) is 42.8 Å². The molecule has 0 N–H and O–H groups in total. The minimum atomic E-state index is -0.480. The van der Waals surface area contributed by atoms with E-state index in [0.717, 1.165) is 0 Å². The average molecular weight is 342 g/mol. The number of hydrogen-bond acceptors (Lipinski definition) is 5.